The quantitative estimate of drug-likeness (QED) is 0.0799. The summed E-state index contributed by atoms with van der Waals surface area (Å²) in [6.45, 7) is 0. The van der Waals surface area contributed by atoms with E-state index in [0.717, 1.165) is 0 Å². The third-order valence-corrected chi connectivity index (χ3v) is 14.4. The molecular weight excluding hydrogens is 1300 g/mol. The number of rotatable bonds is 4. The van der Waals surface area contributed by atoms with E-state index in [1.807, 2.05) is 0 Å². The number of hydrogen-bond donors (Lipinski definition) is 2. The molecule has 0 fully saturated rings. The molecule has 2 aliphatic rings. The molecule has 7 aromatic rings. The van der Waals surface area contributed by atoms with Gasteiger partial charge in [0.1, 0.15) is 17.1 Å². The van der Waals surface area contributed by atoms with Crippen molar-refractivity contribution in [3.05, 3.63) is 170 Å². The molecule has 0 spiro atoms. The van der Waals surface area contributed by atoms with Gasteiger partial charge in [-0.15, -0.1) is 0 Å². The fraction of sp³-hybridized carbons (Fsp3) is 0. The van der Waals surface area contributed by atoms with Crippen molar-refractivity contribution in [1.82, 2.24) is 19.9 Å². The Hall–Kier alpha value is -5.08. The van der Waals surface area contributed by atoms with Gasteiger partial charge in [-0.25, -0.2) is 97.8 Å². The van der Waals surface area contributed by atoms with Crippen LogP contribution in [0.25, 0.3) is 76.1 Å². The van der Waals surface area contributed by atoms with Crippen molar-refractivity contribution in [1.29, 1.82) is 0 Å². The van der Waals surface area contributed by atoms with Crippen LogP contribution in [0, 0.1) is 116 Å². The van der Waals surface area contributed by atoms with Gasteiger partial charge in [0.05, 0.1) is 90.2 Å². The third kappa shape index (κ3) is 8.18. The van der Waals surface area contributed by atoms with Crippen molar-refractivity contribution >= 4 is 136 Å². The molecule has 0 unspecified atom stereocenters. The number of hydrogen-bond acceptors (Lipinski definition) is 2. The molecule has 0 amide bonds. The number of nitrogens with zero attached hydrogens (tertiary/aromatic N) is 2. The van der Waals surface area contributed by atoms with Gasteiger partial charge in [-0.2, -0.15) is 0 Å². The van der Waals surface area contributed by atoms with Gasteiger partial charge in [-0.3, -0.25) is 0 Å². The first-order valence-electron chi connectivity index (χ1n) is 19.2. The second-order valence-electron chi connectivity index (χ2n) is 15.2. The second kappa shape index (κ2) is 20.2. The molecule has 0 atom stereocenters. The first-order valence-corrected chi connectivity index (χ1v) is 22.2. The van der Waals surface area contributed by atoms with E-state index in [1.54, 1.807) is 4.98 Å². The maximum Gasteiger partial charge on any atom is 3.00 e. The first-order chi connectivity index (χ1) is 35.4. The molecule has 5 heterocycles. The van der Waals surface area contributed by atoms with Crippen LogP contribution in [0.15, 0.2) is 0 Å². The standard InChI is InChI=1S/C44H2Cl8F20N4.Fe/c45-9-3(6-21(57)29(65)35(71)30(66)22(6)58)38-8(7-23(59)31(67)36(72)32(68)24(7)60)37-1(4-17(53)25(61)33(69)26(62)18(4)54)2(5-19(55)27(63)34(70)28(64)20(5)56)39(73-37)14(50)41-10(46)11(47)43(75-41)16(52)44-13(49)12(48)42(76-44)15(51)40(9)74-38;/h73,76H;/q;+3. The number of nitrogens with one attached hydrogen (secondary N) is 2. The van der Waals surface area contributed by atoms with E-state index in [1.165, 1.54) is 0 Å². The molecule has 9 rings (SSSR count). The van der Waals surface area contributed by atoms with Crippen LogP contribution >= 0.6 is 92.8 Å². The minimum atomic E-state index is -3.19. The van der Waals surface area contributed by atoms with E-state index in [2.05, 4.69) is 15.0 Å². The molecule has 77 heavy (non-hydrogen) atoms. The average molecular weight is 1310 g/mol. The van der Waals surface area contributed by atoms with Gasteiger partial charge in [0.2, 0.25) is 23.3 Å². The maximum absolute atomic E-state index is 16.8. The fourth-order valence-electron chi connectivity index (χ4n) is 7.83. The molecule has 4 aromatic carbocycles. The van der Waals surface area contributed by atoms with Crippen molar-refractivity contribution in [3.63, 3.8) is 0 Å². The molecule has 399 valence electrons. The number of halogens is 28. The summed E-state index contributed by atoms with van der Waals surface area (Å²) in [7, 11) is 0. The Morgan fingerprint density at radius 1 is 0.221 bits per heavy atom. The van der Waals surface area contributed by atoms with Crippen molar-refractivity contribution < 1.29 is 105 Å². The average Bonchev–Trinajstić information content (AvgIpc) is 4.11. The second-order valence-corrected chi connectivity index (χ2v) is 18.2. The Morgan fingerprint density at radius 2 is 0.455 bits per heavy atom. The number of H-pyrrole nitrogens is 2. The van der Waals surface area contributed by atoms with Gasteiger partial charge >= 0.3 is 17.1 Å². The minimum Gasteiger partial charge on any atom is -0.353 e. The summed E-state index contributed by atoms with van der Waals surface area (Å²) in [5.74, 6) is -62.2. The molecule has 3 aromatic heterocycles. The summed E-state index contributed by atoms with van der Waals surface area (Å²) in [6.07, 6.45) is 0. The van der Waals surface area contributed by atoms with Crippen LogP contribution in [0.5, 0.6) is 0 Å². The SMILES string of the molecule is Fc1c(F)c(F)c(C2=C(Cl)c3nc2c(-c2c(F)c(F)c(F)c(F)c2F)c2[nH]c(c(Cl)c4nc(c(Cl)c5[nH]c(c3Cl)c(Cl)c5Cl)C(Cl)=C4Cl)c(-c3c(F)c(F)c(F)c(F)c3F)c2-c2c(F)c(F)c(F)c(F)c2F)c(F)c1F.[Fe+3]. The summed E-state index contributed by atoms with van der Waals surface area (Å²) in [5.41, 5.74) is -31.2. The summed E-state index contributed by atoms with van der Waals surface area (Å²) in [6, 6.07) is 0. The number of aromatic amines is 2. The van der Waals surface area contributed by atoms with Crippen LogP contribution in [0.4, 0.5) is 87.8 Å². The fourth-order valence-corrected chi connectivity index (χ4v) is 10.1. The summed E-state index contributed by atoms with van der Waals surface area (Å²) in [5, 5.41) is -8.86. The molecule has 0 saturated carbocycles. The van der Waals surface area contributed by atoms with Crippen LogP contribution in [-0.4, -0.2) is 19.9 Å². The molecule has 33 heteroatoms. The Balaban J connectivity index is 0.00000784. The van der Waals surface area contributed by atoms with Crippen LogP contribution < -0.4 is 0 Å². The molecule has 0 aliphatic carbocycles. The monoisotopic (exact) mass is 1300 g/mol. The Bertz CT molecular complexity index is 4070. The van der Waals surface area contributed by atoms with Crippen molar-refractivity contribution in [2.24, 2.45) is 0 Å². The summed E-state index contributed by atoms with van der Waals surface area (Å²) in [4.78, 5) is 11.8. The van der Waals surface area contributed by atoms with Gasteiger partial charge in [-0.05, 0) is 0 Å². The molecular formula is C44H2Cl8F20FeN4+3. The van der Waals surface area contributed by atoms with Crippen molar-refractivity contribution in [2.45, 2.75) is 0 Å². The van der Waals surface area contributed by atoms with Gasteiger partial charge < -0.3 is 9.97 Å². The van der Waals surface area contributed by atoms with Crippen LogP contribution in [-0.2, 0) is 17.1 Å². The van der Waals surface area contributed by atoms with E-state index >= 15 is 70.2 Å². The predicted molar refractivity (Wildman–Crippen MR) is 238 cm³/mol. The Labute approximate surface area is 460 Å². The number of fused-ring (bicyclic) bond motifs is 8. The molecule has 0 saturated heterocycles. The zero-order valence-corrected chi connectivity index (χ0v) is 42.0. The molecule has 4 nitrogen and oxygen atoms in total. The largest absolute Gasteiger partial charge is 3.00 e. The van der Waals surface area contributed by atoms with Crippen molar-refractivity contribution in [3.8, 4) is 33.4 Å². The topological polar surface area (TPSA) is 57.4 Å². The molecule has 8 bridgehead atoms. The van der Waals surface area contributed by atoms with Gasteiger partial charge in [0, 0.05) is 22.3 Å². The van der Waals surface area contributed by atoms with Gasteiger partial charge in [0.25, 0.3) is 0 Å². The van der Waals surface area contributed by atoms with E-state index < -0.39 is 246 Å². The van der Waals surface area contributed by atoms with E-state index in [-0.39, 0.29) is 17.1 Å². The minimum absolute atomic E-state index is 0. The van der Waals surface area contributed by atoms with Crippen LogP contribution in [0.1, 0.15) is 28.3 Å². The van der Waals surface area contributed by atoms with Crippen molar-refractivity contribution in [2.75, 3.05) is 0 Å². The van der Waals surface area contributed by atoms with E-state index in [9.17, 15) is 17.6 Å². The zero-order valence-electron chi connectivity index (χ0n) is 34.8. The smallest absolute Gasteiger partial charge is 0.353 e. The van der Waals surface area contributed by atoms with Gasteiger partial charge in [0.15, 0.2) is 93.1 Å². The maximum atomic E-state index is 16.8. The molecule has 2 aliphatic heterocycles. The first kappa shape index (κ1) is 58.1. The molecule has 1 radical (unpaired) electrons. The number of aromatic nitrogens is 4. The van der Waals surface area contributed by atoms with Gasteiger partial charge in [-0.1, -0.05) is 92.8 Å². The van der Waals surface area contributed by atoms with E-state index in [4.69, 9.17) is 92.8 Å². The Kier molecular flexibility index (Phi) is 15.3. The third-order valence-electron chi connectivity index (χ3n) is 11.2. The number of benzene rings is 4. The zero-order chi connectivity index (χ0) is 56.2. The van der Waals surface area contributed by atoms with E-state index in [0.29, 0.717) is 0 Å². The molecule has 2 N–H and O–H groups in total. The summed E-state index contributed by atoms with van der Waals surface area (Å²) >= 11 is 52.3. The Morgan fingerprint density at radius 3 is 0.792 bits per heavy atom. The van der Waals surface area contributed by atoms with Crippen LogP contribution in [0.2, 0.25) is 25.1 Å². The predicted octanol–water partition coefficient (Wildman–Crippen LogP) is 18.8. The summed E-state index contributed by atoms with van der Waals surface area (Å²) < 4.78 is 315. The normalized spacial score (nSPS) is 12.7. The van der Waals surface area contributed by atoms with Crippen LogP contribution in [0.3, 0.4) is 0 Å².